The van der Waals surface area contributed by atoms with Gasteiger partial charge in [0.2, 0.25) is 5.91 Å². The van der Waals surface area contributed by atoms with Gasteiger partial charge in [0.15, 0.2) is 5.13 Å². The largest absolute Gasteiger partial charge is 0.302 e. The van der Waals surface area contributed by atoms with E-state index in [-0.39, 0.29) is 17.6 Å². The summed E-state index contributed by atoms with van der Waals surface area (Å²) in [5.74, 6) is -0.254. The van der Waals surface area contributed by atoms with Crippen LogP contribution in [0.3, 0.4) is 0 Å². The lowest BCUT2D eigenvalue weighted by Gasteiger charge is -2.15. The van der Waals surface area contributed by atoms with Crippen molar-refractivity contribution in [1.29, 1.82) is 0 Å². The first-order valence-corrected chi connectivity index (χ1v) is 7.77. The molecule has 1 aromatic carbocycles. The topological polar surface area (TPSA) is 42.0 Å². The molecule has 21 heavy (non-hydrogen) atoms. The monoisotopic (exact) mass is 302 g/mol. The second kappa shape index (κ2) is 6.18. The maximum atomic E-state index is 13.2. The van der Waals surface area contributed by atoms with E-state index in [0.717, 1.165) is 19.3 Å². The Bertz CT molecular complexity index is 680. The van der Waals surface area contributed by atoms with E-state index in [4.69, 9.17) is 0 Å². The Morgan fingerprint density at radius 3 is 3.05 bits per heavy atom. The highest BCUT2D eigenvalue weighted by molar-refractivity contribution is 7.14. The van der Waals surface area contributed by atoms with Crippen LogP contribution in [0.5, 0.6) is 0 Å². The SMILES string of the molecule is O=C(Nc1nc(-c2cccc(F)c2)cs1)C1CC=CCC1. The van der Waals surface area contributed by atoms with E-state index < -0.39 is 0 Å². The van der Waals surface area contributed by atoms with Crippen LogP contribution in [0.2, 0.25) is 0 Å². The van der Waals surface area contributed by atoms with Crippen molar-refractivity contribution in [3.63, 3.8) is 0 Å². The van der Waals surface area contributed by atoms with Crippen molar-refractivity contribution in [2.45, 2.75) is 19.3 Å². The number of halogens is 1. The molecule has 1 heterocycles. The number of rotatable bonds is 3. The molecule has 108 valence electrons. The first kappa shape index (κ1) is 13.9. The molecule has 0 fully saturated rings. The number of anilines is 1. The van der Waals surface area contributed by atoms with Gasteiger partial charge in [-0.3, -0.25) is 4.79 Å². The second-order valence-electron chi connectivity index (χ2n) is 5.02. The fraction of sp³-hybridized carbons (Fsp3) is 0.250. The molecular formula is C16H15FN2OS. The Balaban J connectivity index is 1.70. The molecule has 3 nitrogen and oxygen atoms in total. The molecule has 1 aliphatic carbocycles. The van der Waals surface area contributed by atoms with Crippen LogP contribution in [0, 0.1) is 11.7 Å². The molecule has 2 aromatic rings. The molecule has 1 aliphatic rings. The second-order valence-corrected chi connectivity index (χ2v) is 5.88. The molecule has 0 bridgehead atoms. The summed E-state index contributed by atoms with van der Waals surface area (Å²) in [5, 5.41) is 5.25. The number of aromatic nitrogens is 1. The van der Waals surface area contributed by atoms with E-state index in [1.807, 2.05) is 11.5 Å². The van der Waals surface area contributed by atoms with Crippen molar-refractivity contribution in [3.8, 4) is 11.3 Å². The highest BCUT2D eigenvalue weighted by Crippen LogP contribution is 2.26. The van der Waals surface area contributed by atoms with Crippen LogP contribution in [-0.2, 0) is 4.79 Å². The summed E-state index contributed by atoms with van der Waals surface area (Å²) in [5.41, 5.74) is 1.39. The van der Waals surface area contributed by atoms with Gasteiger partial charge in [-0.15, -0.1) is 11.3 Å². The number of nitrogens with one attached hydrogen (secondary N) is 1. The van der Waals surface area contributed by atoms with Crippen LogP contribution in [-0.4, -0.2) is 10.9 Å². The number of amides is 1. The van der Waals surface area contributed by atoms with E-state index in [9.17, 15) is 9.18 Å². The van der Waals surface area contributed by atoms with Crippen LogP contribution in [0.4, 0.5) is 9.52 Å². The minimum Gasteiger partial charge on any atom is -0.302 e. The first-order valence-electron chi connectivity index (χ1n) is 6.90. The summed E-state index contributed by atoms with van der Waals surface area (Å²) >= 11 is 1.36. The average molecular weight is 302 g/mol. The van der Waals surface area contributed by atoms with Crippen LogP contribution in [0.25, 0.3) is 11.3 Å². The van der Waals surface area contributed by atoms with Crippen molar-refractivity contribution in [3.05, 3.63) is 47.6 Å². The smallest absolute Gasteiger partial charge is 0.229 e. The van der Waals surface area contributed by atoms with Crippen LogP contribution >= 0.6 is 11.3 Å². The summed E-state index contributed by atoms with van der Waals surface area (Å²) < 4.78 is 13.2. The Labute approximate surface area is 126 Å². The maximum absolute atomic E-state index is 13.2. The molecular weight excluding hydrogens is 287 g/mol. The van der Waals surface area contributed by atoms with E-state index in [1.54, 1.807) is 12.1 Å². The molecule has 0 saturated heterocycles. The van der Waals surface area contributed by atoms with Crippen molar-refractivity contribution >= 4 is 22.4 Å². The summed E-state index contributed by atoms with van der Waals surface area (Å²) in [7, 11) is 0. The third-order valence-corrected chi connectivity index (χ3v) is 4.25. The van der Waals surface area contributed by atoms with Gasteiger partial charge < -0.3 is 5.32 Å². The van der Waals surface area contributed by atoms with Crippen LogP contribution in [0.1, 0.15) is 19.3 Å². The number of carbonyl (C=O) groups excluding carboxylic acids is 1. The Morgan fingerprint density at radius 1 is 1.38 bits per heavy atom. The fourth-order valence-electron chi connectivity index (χ4n) is 2.35. The average Bonchev–Trinajstić information content (AvgIpc) is 2.97. The van der Waals surface area contributed by atoms with Crippen LogP contribution in [0.15, 0.2) is 41.8 Å². The first-order chi connectivity index (χ1) is 10.2. The van der Waals surface area contributed by atoms with E-state index >= 15 is 0 Å². The number of benzene rings is 1. The molecule has 3 rings (SSSR count). The van der Waals surface area contributed by atoms with Gasteiger partial charge in [-0.05, 0) is 31.4 Å². The van der Waals surface area contributed by atoms with Crippen molar-refractivity contribution < 1.29 is 9.18 Å². The maximum Gasteiger partial charge on any atom is 0.229 e. The lowest BCUT2D eigenvalue weighted by atomic mass is 9.94. The molecule has 0 spiro atoms. The molecule has 1 atom stereocenters. The van der Waals surface area contributed by atoms with Crippen LogP contribution < -0.4 is 5.32 Å². The van der Waals surface area contributed by atoms with Gasteiger partial charge in [0.05, 0.1) is 5.69 Å². The minimum absolute atomic E-state index is 0.0134. The van der Waals surface area contributed by atoms with Gasteiger partial charge in [0.1, 0.15) is 5.82 Å². The molecule has 5 heteroatoms. The fourth-order valence-corrected chi connectivity index (χ4v) is 3.07. The molecule has 0 saturated carbocycles. The number of hydrogen-bond acceptors (Lipinski definition) is 3. The number of nitrogens with zero attached hydrogens (tertiary/aromatic N) is 1. The number of thiazole rings is 1. The molecule has 1 unspecified atom stereocenters. The van der Waals surface area contributed by atoms with Gasteiger partial charge in [-0.25, -0.2) is 9.37 Å². The zero-order valence-electron chi connectivity index (χ0n) is 11.4. The van der Waals surface area contributed by atoms with E-state index in [0.29, 0.717) is 16.4 Å². The third-order valence-electron chi connectivity index (χ3n) is 3.49. The normalized spacial score (nSPS) is 17.7. The van der Waals surface area contributed by atoms with Gasteiger partial charge in [0.25, 0.3) is 0 Å². The zero-order chi connectivity index (χ0) is 14.7. The molecule has 1 amide bonds. The van der Waals surface area contributed by atoms with Crippen molar-refractivity contribution in [2.24, 2.45) is 5.92 Å². The molecule has 1 aromatic heterocycles. The number of allylic oxidation sites excluding steroid dienone is 2. The quantitative estimate of drug-likeness (QED) is 0.861. The Kier molecular flexibility index (Phi) is 4.10. The third kappa shape index (κ3) is 3.36. The summed E-state index contributed by atoms with van der Waals surface area (Å²) in [4.78, 5) is 16.5. The number of carbonyl (C=O) groups is 1. The van der Waals surface area contributed by atoms with Gasteiger partial charge in [-0.1, -0.05) is 24.3 Å². The predicted molar refractivity (Wildman–Crippen MR) is 82.6 cm³/mol. The zero-order valence-corrected chi connectivity index (χ0v) is 12.2. The van der Waals surface area contributed by atoms with Gasteiger partial charge in [-0.2, -0.15) is 0 Å². The van der Waals surface area contributed by atoms with E-state index in [2.05, 4.69) is 16.4 Å². The Hall–Kier alpha value is -2.01. The highest BCUT2D eigenvalue weighted by Gasteiger charge is 2.19. The predicted octanol–water partition coefficient (Wildman–Crippen LogP) is 4.24. The summed E-state index contributed by atoms with van der Waals surface area (Å²) in [6.45, 7) is 0. The number of hydrogen-bond donors (Lipinski definition) is 1. The molecule has 0 radical (unpaired) electrons. The van der Waals surface area contributed by atoms with Crippen molar-refractivity contribution in [2.75, 3.05) is 5.32 Å². The minimum atomic E-state index is -0.292. The Morgan fingerprint density at radius 2 is 2.29 bits per heavy atom. The van der Waals surface area contributed by atoms with Gasteiger partial charge >= 0.3 is 0 Å². The summed E-state index contributed by atoms with van der Waals surface area (Å²) in [6.07, 6.45) is 6.77. The van der Waals surface area contributed by atoms with Gasteiger partial charge in [0, 0.05) is 16.9 Å². The molecule has 0 aliphatic heterocycles. The lowest BCUT2D eigenvalue weighted by molar-refractivity contribution is -0.120. The summed E-state index contributed by atoms with van der Waals surface area (Å²) in [6, 6.07) is 6.29. The van der Waals surface area contributed by atoms with Crippen molar-refractivity contribution in [1.82, 2.24) is 4.98 Å². The lowest BCUT2D eigenvalue weighted by Crippen LogP contribution is -2.23. The standard InChI is InChI=1S/C16H15FN2OS/c17-13-8-4-7-12(9-13)14-10-21-16(18-14)19-15(20)11-5-2-1-3-6-11/h1-2,4,7-11H,3,5-6H2,(H,18,19,20). The highest BCUT2D eigenvalue weighted by atomic mass is 32.1. The van der Waals surface area contributed by atoms with E-state index in [1.165, 1.54) is 23.5 Å². The molecule has 1 N–H and O–H groups in total.